The predicted octanol–water partition coefficient (Wildman–Crippen LogP) is 3.40. The summed E-state index contributed by atoms with van der Waals surface area (Å²) in [5.74, 6) is 0. The van der Waals surface area contributed by atoms with Gasteiger partial charge in [-0.05, 0) is 31.9 Å². The summed E-state index contributed by atoms with van der Waals surface area (Å²) in [5.41, 5.74) is 3.74. The number of hydrogen-bond donors (Lipinski definition) is 1. The quantitative estimate of drug-likeness (QED) is 0.902. The molecule has 1 N–H and O–H groups in total. The summed E-state index contributed by atoms with van der Waals surface area (Å²) < 4.78 is 0. The van der Waals surface area contributed by atoms with Gasteiger partial charge in [0.25, 0.3) is 0 Å². The second-order valence-corrected chi connectivity index (χ2v) is 6.36. The van der Waals surface area contributed by atoms with Crippen molar-refractivity contribution in [2.24, 2.45) is 0 Å². The minimum absolute atomic E-state index is 0.319. The normalized spacial score (nSPS) is 18.8. The van der Waals surface area contributed by atoms with Crippen LogP contribution in [0.4, 0.5) is 0 Å². The number of nitrogens with one attached hydrogen (secondary N) is 1. The molecule has 1 aromatic heterocycles. The number of likely N-dealkylation sites (N-methyl/N-ethyl adjacent to an activating group) is 1. The van der Waals surface area contributed by atoms with Gasteiger partial charge in [-0.1, -0.05) is 36.8 Å². The maximum absolute atomic E-state index is 4.20. The molecule has 1 saturated carbocycles. The lowest BCUT2D eigenvalue weighted by Crippen LogP contribution is -2.52. The van der Waals surface area contributed by atoms with E-state index in [1.807, 2.05) is 11.7 Å². The van der Waals surface area contributed by atoms with Gasteiger partial charge < -0.3 is 5.32 Å². The van der Waals surface area contributed by atoms with Crippen LogP contribution in [0.15, 0.2) is 42.0 Å². The Balaban J connectivity index is 1.87. The lowest BCUT2D eigenvalue weighted by Gasteiger charge is -2.48. The van der Waals surface area contributed by atoms with Crippen molar-refractivity contribution in [3.8, 4) is 0 Å². The van der Waals surface area contributed by atoms with E-state index in [4.69, 9.17) is 0 Å². The van der Waals surface area contributed by atoms with Crippen molar-refractivity contribution in [3.05, 3.63) is 52.5 Å². The Morgan fingerprint density at radius 3 is 2.63 bits per heavy atom. The first kappa shape index (κ1) is 12.8. The van der Waals surface area contributed by atoms with E-state index in [0.717, 1.165) is 6.42 Å². The fourth-order valence-electron chi connectivity index (χ4n) is 3.28. The molecular formula is C16H20N2S. The van der Waals surface area contributed by atoms with Crippen LogP contribution in [-0.4, -0.2) is 18.1 Å². The zero-order chi connectivity index (χ0) is 13.1. The first-order valence-electron chi connectivity index (χ1n) is 6.95. The van der Waals surface area contributed by atoms with Crippen molar-refractivity contribution >= 4 is 11.3 Å². The smallest absolute Gasteiger partial charge is 0.0794 e. The first-order chi connectivity index (χ1) is 9.35. The molecule has 1 aliphatic rings. The van der Waals surface area contributed by atoms with Crippen LogP contribution in [0.3, 0.4) is 0 Å². The van der Waals surface area contributed by atoms with Crippen molar-refractivity contribution < 1.29 is 0 Å². The molecule has 1 atom stereocenters. The standard InChI is InChI=1S/C16H20N2S/c1-17-15(10-14-11-18-12-19-14)16(8-5-9-16)13-6-3-2-4-7-13/h2-4,6-7,11-12,15,17H,5,8-10H2,1H3. The Kier molecular flexibility index (Phi) is 3.67. The minimum Gasteiger partial charge on any atom is -0.316 e. The number of aromatic nitrogens is 1. The minimum atomic E-state index is 0.319. The highest BCUT2D eigenvalue weighted by Gasteiger charge is 2.44. The topological polar surface area (TPSA) is 24.9 Å². The van der Waals surface area contributed by atoms with Crippen LogP contribution in [-0.2, 0) is 11.8 Å². The molecule has 2 aromatic rings. The lowest BCUT2D eigenvalue weighted by molar-refractivity contribution is 0.174. The molecule has 1 heterocycles. The van der Waals surface area contributed by atoms with Crippen molar-refractivity contribution in [1.82, 2.24) is 10.3 Å². The molecule has 1 aliphatic carbocycles. The molecule has 0 spiro atoms. The van der Waals surface area contributed by atoms with Gasteiger partial charge in [0.15, 0.2) is 0 Å². The molecule has 1 aromatic carbocycles. The van der Waals surface area contributed by atoms with Gasteiger partial charge in [-0.2, -0.15) is 0 Å². The van der Waals surface area contributed by atoms with Gasteiger partial charge in [0.05, 0.1) is 5.51 Å². The van der Waals surface area contributed by atoms with Crippen LogP contribution in [0, 0.1) is 0 Å². The summed E-state index contributed by atoms with van der Waals surface area (Å²) in [4.78, 5) is 5.58. The van der Waals surface area contributed by atoms with E-state index in [2.05, 4.69) is 47.7 Å². The van der Waals surface area contributed by atoms with E-state index >= 15 is 0 Å². The SMILES string of the molecule is CNC(Cc1cncs1)C1(c2ccccc2)CCC1. The van der Waals surface area contributed by atoms with Crippen molar-refractivity contribution in [2.45, 2.75) is 37.1 Å². The second-order valence-electron chi connectivity index (χ2n) is 5.39. The summed E-state index contributed by atoms with van der Waals surface area (Å²) >= 11 is 1.76. The van der Waals surface area contributed by atoms with E-state index in [9.17, 15) is 0 Å². The van der Waals surface area contributed by atoms with Crippen molar-refractivity contribution in [1.29, 1.82) is 0 Å². The maximum atomic E-state index is 4.20. The van der Waals surface area contributed by atoms with Crippen LogP contribution in [0.25, 0.3) is 0 Å². The van der Waals surface area contributed by atoms with Gasteiger partial charge in [0.2, 0.25) is 0 Å². The van der Waals surface area contributed by atoms with Gasteiger partial charge >= 0.3 is 0 Å². The average Bonchev–Trinajstić information content (AvgIpc) is 2.90. The molecule has 1 unspecified atom stereocenters. The second kappa shape index (κ2) is 5.43. The third kappa shape index (κ3) is 2.33. The van der Waals surface area contributed by atoms with Gasteiger partial charge in [0, 0.05) is 22.5 Å². The van der Waals surface area contributed by atoms with Crippen molar-refractivity contribution in [2.75, 3.05) is 7.05 Å². The summed E-state index contributed by atoms with van der Waals surface area (Å²) in [6.45, 7) is 0. The number of rotatable bonds is 5. The maximum Gasteiger partial charge on any atom is 0.0794 e. The van der Waals surface area contributed by atoms with E-state index in [-0.39, 0.29) is 0 Å². The summed E-state index contributed by atoms with van der Waals surface area (Å²) in [6, 6.07) is 11.5. The number of nitrogens with zero attached hydrogens (tertiary/aromatic N) is 1. The highest BCUT2D eigenvalue weighted by atomic mass is 32.1. The molecule has 1 fully saturated rings. The zero-order valence-electron chi connectivity index (χ0n) is 11.3. The van der Waals surface area contributed by atoms with Crippen LogP contribution in [0.1, 0.15) is 29.7 Å². The Labute approximate surface area is 118 Å². The number of hydrogen-bond acceptors (Lipinski definition) is 3. The number of benzene rings is 1. The lowest BCUT2D eigenvalue weighted by atomic mass is 9.59. The molecule has 2 nitrogen and oxygen atoms in total. The van der Waals surface area contributed by atoms with E-state index < -0.39 is 0 Å². The molecule has 3 rings (SSSR count). The zero-order valence-corrected chi connectivity index (χ0v) is 12.1. The Morgan fingerprint density at radius 1 is 1.32 bits per heavy atom. The summed E-state index contributed by atoms with van der Waals surface area (Å²) in [6.07, 6.45) is 7.01. The third-order valence-corrected chi connectivity index (χ3v) is 5.30. The Bertz CT molecular complexity index is 503. The Hall–Kier alpha value is -1.19. The van der Waals surface area contributed by atoms with E-state index in [0.29, 0.717) is 11.5 Å². The molecule has 0 radical (unpaired) electrons. The Morgan fingerprint density at radius 2 is 2.11 bits per heavy atom. The average molecular weight is 272 g/mol. The van der Waals surface area contributed by atoms with Gasteiger partial charge in [-0.3, -0.25) is 4.98 Å². The molecular weight excluding hydrogens is 252 g/mol. The molecule has 0 saturated heterocycles. The molecule has 3 heteroatoms. The molecule has 0 amide bonds. The predicted molar refractivity (Wildman–Crippen MR) is 80.6 cm³/mol. The largest absolute Gasteiger partial charge is 0.316 e. The van der Waals surface area contributed by atoms with Crippen LogP contribution in [0.5, 0.6) is 0 Å². The first-order valence-corrected chi connectivity index (χ1v) is 7.83. The third-order valence-electron chi connectivity index (χ3n) is 4.50. The summed E-state index contributed by atoms with van der Waals surface area (Å²) in [7, 11) is 2.09. The fourth-order valence-corrected chi connectivity index (χ4v) is 3.93. The fraction of sp³-hybridized carbons (Fsp3) is 0.438. The van der Waals surface area contributed by atoms with E-state index in [1.165, 1.54) is 29.7 Å². The van der Waals surface area contributed by atoms with Gasteiger partial charge in [0.1, 0.15) is 0 Å². The molecule has 19 heavy (non-hydrogen) atoms. The van der Waals surface area contributed by atoms with Crippen LogP contribution >= 0.6 is 11.3 Å². The van der Waals surface area contributed by atoms with Crippen molar-refractivity contribution in [3.63, 3.8) is 0 Å². The van der Waals surface area contributed by atoms with Gasteiger partial charge in [-0.15, -0.1) is 11.3 Å². The monoisotopic (exact) mass is 272 g/mol. The molecule has 0 bridgehead atoms. The molecule has 0 aliphatic heterocycles. The van der Waals surface area contributed by atoms with E-state index in [1.54, 1.807) is 11.3 Å². The van der Waals surface area contributed by atoms with Crippen LogP contribution in [0.2, 0.25) is 0 Å². The summed E-state index contributed by atoms with van der Waals surface area (Å²) in [5, 5.41) is 3.56. The number of thiazole rings is 1. The van der Waals surface area contributed by atoms with Crippen LogP contribution < -0.4 is 5.32 Å². The molecule has 100 valence electrons. The highest BCUT2D eigenvalue weighted by molar-refractivity contribution is 7.09. The highest BCUT2D eigenvalue weighted by Crippen LogP contribution is 2.47. The van der Waals surface area contributed by atoms with Gasteiger partial charge in [-0.25, -0.2) is 0 Å².